The van der Waals surface area contributed by atoms with Gasteiger partial charge < -0.3 is 19.7 Å². The number of carboxylic acids is 1. The van der Waals surface area contributed by atoms with Crippen molar-refractivity contribution in [2.45, 2.75) is 19.3 Å². The van der Waals surface area contributed by atoms with Gasteiger partial charge in [-0.3, -0.25) is 4.90 Å². The summed E-state index contributed by atoms with van der Waals surface area (Å²) < 4.78 is 5.24. The molecule has 1 aliphatic rings. The highest BCUT2D eigenvalue weighted by Gasteiger charge is 2.17. The Balaban J connectivity index is 1.22. The Bertz CT molecular complexity index is 989. The number of rotatable bonds is 8. The van der Waals surface area contributed by atoms with Crippen LogP contribution in [0.1, 0.15) is 28.8 Å². The zero-order valence-electron chi connectivity index (χ0n) is 17.4. The Morgan fingerprint density at radius 2 is 1.83 bits per heavy atom. The molecule has 0 saturated carbocycles. The van der Waals surface area contributed by atoms with E-state index in [-0.39, 0.29) is 0 Å². The van der Waals surface area contributed by atoms with Crippen LogP contribution in [-0.2, 0) is 6.42 Å². The third-order valence-corrected chi connectivity index (χ3v) is 5.99. The highest BCUT2D eigenvalue weighted by Crippen LogP contribution is 2.23. The third-order valence-electron chi connectivity index (χ3n) is 5.99. The summed E-state index contributed by atoms with van der Waals surface area (Å²) in [7, 11) is 1.69. The van der Waals surface area contributed by atoms with Crippen LogP contribution in [0, 0.1) is 0 Å². The predicted molar refractivity (Wildman–Crippen MR) is 120 cm³/mol. The smallest absolute Gasteiger partial charge is 0.335 e. The Hall–Kier alpha value is -2.99. The van der Waals surface area contributed by atoms with Gasteiger partial charge in [-0.05, 0) is 73.8 Å². The third kappa shape index (κ3) is 4.60. The molecule has 0 radical (unpaired) electrons. The van der Waals surface area contributed by atoms with Gasteiger partial charge in [-0.1, -0.05) is 0 Å². The number of methoxy groups -OCH3 is 1. The monoisotopic (exact) mass is 407 g/mol. The minimum absolute atomic E-state index is 0.345. The van der Waals surface area contributed by atoms with Crippen LogP contribution in [0.2, 0.25) is 0 Å². The first kappa shape index (κ1) is 20.3. The normalized spacial score (nSPS) is 14.9. The number of carboxylic acid groups (broad SMARTS) is 1. The molecular formula is C24H29N3O3. The summed E-state index contributed by atoms with van der Waals surface area (Å²) >= 11 is 0. The first-order chi connectivity index (χ1) is 14.6. The number of piperazine rings is 1. The minimum atomic E-state index is -0.877. The number of anilines is 1. The number of aromatic amines is 1. The van der Waals surface area contributed by atoms with Crippen molar-refractivity contribution in [3.63, 3.8) is 0 Å². The van der Waals surface area contributed by atoms with Gasteiger partial charge in [-0.15, -0.1) is 0 Å². The van der Waals surface area contributed by atoms with Gasteiger partial charge in [0.05, 0.1) is 12.7 Å². The second-order valence-corrected chi connectivity index (χ2v) is 7.86. The van der Waals surface area contributed by atoms with Gasteiger partial charge in [0.15, 0.2) is 0 Å². The molecule has 0 aliphatic carbocycles. The Morgan fingerprint density at radius 1 is 1.07 bits per heavy atom. The van der Waals surface area contributed by atoms with Gasteiger partial charge in [-0.2, -0.15) is 0 Å². The Labute approximate surface area is 177 Å². The molecule has 1 aliphatic heterocycles. The van der Waals surface area contributed by atoms with Gasteiger partial charge >= 0.3 is 5.97 Å². The molecule has 6 heteroatoms. The van der Waals surface area contributed by atoms with Crippen LogP contribution in [-0.4, -0.2) is 60.8 Å². The van der Waals surface area contributed by atoms with E-state index in [9.17, 15) is 9.90 Å². The number of hydrogen-bond donors (Lipinski definition) is 2. The van der Waals surface area contributed by atoms with Crippen molar-refractivity contribution in [3.8, 4) is 5.75 Å². The maximum Gasteiger partial charge on any atom is 0.335 e. The quantitative estimate of drug-likeness (QED) is 0.552. The molecule has 30 heavy (non-hydrogen) atoms. The van der Waals surface area contributed by atoms with Crippen molar-refractivity contribution in [1.29, 1.82) is 0 Å². The topological polar surface area (TPSA) is 68.8 Å². The van der Waals surface area contributed by atoms with E-state index in [2.05, 4.69) is 26.9 Å². The lowest BCUT2D eigenvalue weighted by molar-refractivity contribution is 0.0697. The zero-order valence-corrected chi connectivity index (χ0v) is 17.4. The van der Waals surface area contributed by atoms with E-state index in [1.54, 1.807) is 19.2 Å². The van der Waals surface area contributed by atoms with Gasteiger partial charge in [0.25, 0.3) is 0 Å². The SMILES string of the molecule is COc1ccc(N2CCN(CCCCc3c[nH]c4ccc(C(=O)O)cc34)CC2)cc1. The minimum Gasteiger partial charge on any atom is -0.497 e. The van der Waals surface area contributed by atoms with E-state index in [0.717, 1.165) is 68.6 Å². The van der Waals surface area contributed by atoms with Crippen molar-refractivity contribution in [2.24, 2.45) is 0 Å². The van der Waals surface area contributed by atoms with Gasteiger partial charge in [0.1, 0.15) is 5.75 Å². The molecule has 1 aromatic heterocycles. The molecule has 0 amide bonds. The van der Waals surface area contributed by atoms with Crippen LogP contribution in [0.4, 0.5) is 5.69 Å². The van der Waals surface area contributed by atoms with Crippen molar-refractivity contribution in [1.82, 2.24) is 9.88 Å². The number of aromatic nitrogens is 1. The van der Waals surface area contributed by atoms with Gasteiger partial charge in [0.2, 0.25) is 0 Å². The number of H-pyrrole nitrogens is 1. The number of ether oxygens (including phenoxy) is 1. The molecule has 0 bridgehead atoms. The number of benzene rings is 2. The van der Waals surface area contributed by atoms with Crippen LogP contribution in [0.5, 0.6) is 5.75 Å². The van der Waals surface area contributed by atoms with E-state index in [0.29, 0.717) is 5.56 Å². The van der Waals surface area contributed by atoms with Crippen LogP contribution < -0.4 is 9.64 Å². The maximum absolute atomic E-state index is 11.2. The summed E-state index contributed by atoms with van der Waals surface area (Å²) in [6, 6.07) is 13.6. The molecule has 4 rings (SSSR count). The summed E-state index contributed by atoms with van der Waals surface area (Å²) in [4.78, 5) is 19.5. The van der Waals surface area contributed by atoms with Crippen molar-refractivity contribution in [2.75, 3.05) is 44.7 Å². The van der Waals surface area contributed by atoms with Crippen LogP contribution in [0.25, 0.3) is 10.9 Å². The molecule has 3 aromatic rings. The second kappa shape index (κ2) is 9.22. The summed E-state index contributed by atoms with van der Waals surface area (Å²) in [5, 5.41) is 10.3. The van der Waals surface area contributed by atoms with Crippen molar-refractivity contribution >= 4 is 22.6 Å². The predicted octanol–water partition coefficient (Wildman–Crippen LogP) is 4.02. The molecule has 0 unspecified atom stereocenters. The molecule has 158 valence electrons. The molecule has 1 fully saturated rings. The average molecular weight is 408 g/mol. The van der Waals surface area contributed by atoms with Crippen LogP contribution >= 0.6 is 0 Å². The maximum atomic E-state index is 11.2. The number of aryl methyl sites for hydroxylation is 1. The summed E-state index contributed by atoms with van der Waals surface area (Å²) in [6.07, 6.45) is 5.23. The van der Waals surface area contributed by atoms with Gasteiger partial charge in [0, 0.05) is 49.0 Å². The number of fused-ring (bicyclic) bond motifs is 1. The largest absolute Gasteiger partial charge is 0.497 e. The summed E-state index contributed by atoms with van der Waals surface area (Å²) in [5.74, 6) is 0.0182. The lowest BCUT2D eigenvalue weighted by atomic mass is 10.0. The molecule has 6 nitrogen and oxygen atoms in total. The van der Waals surface area contributed by atoms with Gasteiger partial charge in [-0.25, -0.2) is 4.79 Å². The number of nitrogens with one attached hydrogen (secondary N) is 1. The number of hydrogen-bond acceptors (Lipinski definition) is 4. The highest BCUT2D eigenvalue weighted by atomic mass is 16.5. The molecule has 1 saturated heterocycles. The zero-order chi connectivity index (χ0) is 20.9. The standard InChI is InChI=1S/C24H29N3O3/c1-30-21-8-6-20(7-9-21)27-14-12-26(13-15-27)11-3-2-4-19-17-25-23-10-5-18(24(28)29)16-22(19)23/h5-10,16-17,25H,2-4,11-15H2,1H3,(H,28,29). The van der Waals surface area contributed by atoms with Crippen molar-refractivity contribution < 1.29 is 14.6 Å². The lowest BCUT2D eigenvalue weighted by Crippen LogP contribution is -2.46. The lowest BCUT2D eigenvalue weighted by Gasteiger charge is -2.36. The van der Waals surface area contributed by atoms with E-state index < -0.39 is 5.97 Å². The van der Waals surface area contributed by atoms with E-state index in [4.69, 9.17) is 4.74 Å². The fraction of sp³-hybridized carbons (Fsp3) is 0.375. The first-order valence-corrected chi connectivity index (χ1v) is 10.6. The van der Waals surface area contributed by atoms with E-state index >= 15 is 0 Å². The van der Waals surface area contributed by atoms with E-state index in [1.165, 1.54) is 11.3 Å². The molecule has 2 aromatic carbocycles. The molecular weight excluding hydrogens is 378 g/mol. The van der Waals surface area contributed by atoms with E-state index in [1.807, 2.05) is 24.4 Å². The Kier molecular flexibility index (Phi) is 6.23. The number of carbonyl (C=O) groups is 1. The fourth-order valence-electron chi connectivity index (χ4n) is 4.19. The first-order valence-electron chi connectivity index (χ1n) is 10.6. The summed E-state index contributed by atoms with van der Waals surface area (Å²) in [5.41, 5.74) is 3.82. The molecule has 2 heterocycles. The average Bonchev–Trinajstić information content (AvgIpc) is 3.19. The second-order valence-electron chi connectivity index (χ2n) is 7.86. The molecule has 0 atom stereocenters. The van der Waals surface area contributed by atoms with Crippen LogP contribution in [0.15, 0.2) is 48.7 Å². The number of aromatic carboxylic acids is 1. The fourth-order valence-corrected chi connectivity index (χ4v) is 4.19. The molecule has 2 N–H and O–H groups in total. The summed E-state index contributed by atoms with van der Waals surface area (Å²) in [6.45, 7) is 5.38. The number of unbranched alkanes of at least 4 members (excludes halogenated alkanes) is 1. The number of nitrogens with zero attached hydrogens (tertiary/aromatic N) is 2. The highest BCUT2D eigenvalue weighted by molar-refractivity contribution is 5.94. The molecule has 0 spiro atoms. The van der Waals surface area contributed by atoms with Crippen molar-refractivity contribution in [3.05, 3.63) is 59.8 Å². The Morgan fingerprint density at radius 3 is 2.53 bits per heavy atom. The van der Waals surface area contributed by atoms with Crippen LogP contribution in [0.3, 0.4) is 0 Å².